The van der Waals surface area contributed by atoms with Gasteiger partial charge in [0.2, 0.25) is 0 Å². The summed E-state index contributed by atoms with van der Waals surface area (Å²) < 4.78 is 5.54. The van der Waals surface area contributed by atoms with E-state index in [1.54, 1.807) is 18.2 Å². The third-order valence-corrected chi connectivity index (χ3v) is 2.24. The number of rotatable bonds is 4. The first kappa shape index (κ1) is 14.8. The summed E-state index contributed by atoms with van der Waals surface area (Å²) >= 11 is 0. The predicted octanol–water partition coefficient (Wildman–Crippen LogP) is 0.584. The maximum absolute atomic E-state index is 9.13. The van der Waals surface area contributed by atoms with Gasteiger partial charge in [0, 0.05) is 5.56 Å². The van der Waals surface area contributed by atoms with Crippen LogP contribution in [0.25, 0.3) is 6.08 Å². The fourth-order valence-electron chi connectivity index (χ4n) is 1.45. The minimum Gasteiger partial charge on any atom is -0.490 e. The Balaban J connectivity index is 3.31. The molecular formula is C13H13BN2O3. The lowest BCUT2D eigenvalue weighted by atomic mass is 9.79. The molecule has 0 aromatic heterocycles. The maximum atomic E-state index is 9.13. The number of nitriles is 2. The van der Waals surface area contributed by atoms with E-state index in [0.29, 0.717) is 11.3 Å². The second kappa shape index (κ2) is 6.60. The number of hydrogen-bond acceptors (Lipinski definition) is 5. The Bertz CT molecular complexity index is 552. The standard InChI is InChI=1S/C13H13BN2O3/c1-9(2)19-13-4-3-12(14(17)18)6-11(13)5-10(7-15)8-16/h3-6,9,17-18H,1-2H3. The molecule has 0 aliphatic rings. The molecule has 0 saturated heterocycles. The van der Waals surface area contributed by atoms with Crippen LogP contribution in [0.3, 0.4) is 0 Å². The maximum Gasteiger partial charge on any atom is 0.488 e. The van der Waals surface area contributed by atoms with Gasteiger partial charge in [-0.15, -0.1) is 0 Å². The third kappa shape index (κ3) is 4.15. The summed E-state index contributed by atoms with van der Waals surface area (Å²) in [6, 6.07) is 8.06. The lowest BCUT2D eigenvalue weighted by Gasteiger charge is -2.13. The van der Waals surface area contributed by atoms with Crippen LogP contribution >= 0.6 is 0 Å². The largest absolute Gasteiger partial charge is 0.490 e. The average Bonchev–Trinajstić information content (AvgIpc) is 2.36. The Kier molecular flexibility index (Phi) is 5.14. The van der Waals surface area contributed by atoms with Crippen molar-refractivity contribution >= 4 is 18.7 Å². The molecule has 1 aromatic carbocycles. The molecule has 0 spiro atoms. The molecule has 0 saturated carbocycles. The molecular weight excluding hydrogens is 243 g/mol. The monoisotopic (exact) mass is 256 g/mol. The Hall–Kier alpha value is -2.28. The molecule has 1 aromatic rings. The van der Waals surface area contributed by atoms with Crippen molar-refractivity contribution < 1.29 is 14.8 Å². The van der Waals surface area contributed by atoms with E-state index in [2.05, 4.69) is 0 Å². The van der Waals surface area contributed by atoms with Gasteiger partial charge in [-0.2, -0.15) is 10.5 Å². The van der Waals surface area contributed by atoms with Crippen molar-refractivity contribution in [3.8, 4) is 17.9 Å². The Labute approximate surface area is 112 Å². The summed E-state index contributed by atoms with van der Waals surface area (Å²) in [5.74, 6) is 0.474. The summed E-state index contributed by atoms with van der Waals surface area (Å²) in [5, 5.41) is 35.8. The Morgan fingerprint density at radius 3 is 2.42 bits per heavy atom. The number of ether oxygens (including phenoxy) is 1. The van der Waals surface area contributed by atoms with Crippen LogP contribution in [-0.4, -0.2) is 23.3 Å². The van der Waals surface area contributed by atoms with E-state index in [4.69, 9.17) is 25.3 Å². The van der Waals surface area contributed by atoms with Crippen molar-refractivity contribution in [3.63, 3.8) is 0 Å². The summed E-state index contributed by atoms with van der Waals surface area (Å²) in [6.45, 7) is 3.69. The van der Waals surface area contributed by atoms with E-state index in [1.165, 1.54) is 18.2 Å². The first-order chi connectivity index (χ1) is 8.97. The summed E-state index contributed by atoms with van der Waals surface area (Å²) in [7, 11) is -1.62. The normalized spacial score (nSPS) is 9.42. The molecule has 0 amide bonds. The second-order valence-corrected chi connectivity index (χ2v) is 4.12. The molecule has 0 fully saturated rings. The molecule has 0 unspecified atom stereocenters. The SMILES string of the molecule is CC(C)Oc1ccc(B(O)O)cc1C=C(C#N)C#N. The highest BCUT2D eigenvalue weighted by Gasteiger charge is 2.14. The van der Waals surface area contributed by atoms with E-state index < -0.39 is 7.12 Å². The van der Waals surface area contributed by atoms with Crippen molar-refractivity contribution in [3.05, 3.63) is 29.3 Å². The zero-order valence-corrected chi connectivity index (χ0v) is 10.7. The fraction of sp³-hybridized carbons (Fsp3) is 0.231. The number of nitrogens with zero attached hydrogens (tertiary/aromatic N) is 2. The first-order valence-corrected chi connectivity index (χ1v) is 5.66. The van der Waals surface area contributed by atoms with E-state index in [-0.39, 0.29) is 17.1 Å². The quantitative estimate of drug-likeness (QED) is 0.606. The third-order valence-electron chi connectivity index (χ3n) is 2.24. The van der Waals surface area contributed by atoms with Gasteiger partial charge < -0.3 is 14.8 Å². The summed E-state index contributed by atoms with van der Waals surface area (Å²) in [4.78, 5) is 0. The molecule has 6 heteroatoms. The Morgan fingerprint density at radius 1 is 1.32 bits per heavy atom. The molecule has 0 bridgehead atoms. The molecule has 0 aliphatic carbocycles. The zero-order chi connectivity index (χ0) is 14.4. The molecule has 0 radical (unpaired) electrons. The van der Waals surface area contributed by atoms with Crippen LogP contribution < -0.4 is 10.2 Å². The first-order valence-electron chi connectivity index (χ1n) is 5.66. The van der Waals surface area contributed by atoms with Gasteiger partial charge in [-0.1, -0.05) is 12.1 Å². The highest BCUT2D eigenvalue weighted by atomic mass is 16.5. The minimum atomic E-state index is -1.62. The highest BCUT2D eigenvalue weighted by Crippen LogP contribution is 2.21. The molecule has 19 heavy (non-hydrogen) atoms. The topological polar surface area (TPSA) is 97.3 Å². The van der Waals surface area contributed by atoms with Crippen LogP contribution in [0.1, 0.15) is 19.4 Å². The van der Waals surface area contributed by atoms with Gasteiger partial charge in [0.25, 0.3) is 0 Å². The van der Waals surface area contributed by atoms with Crippen LogP contribution in [-0.2, 0) is 0 Å². The second-order valence-electron chi connectivity index (χ2n) is 4.12. The minimum absolute atomic E-state index is 0.0790. The zero-order valence-electron chi connectivity index (χ0n) is 10.7. The molecule has 0 aliphatic heterocycles. The van der Waals surface area contributed by atoms with Gasteiger partial charge >= 0.3 is 7.12 Å². The van der Waals surface area contributed by atoms with Gasteiger partial charge in [-0.25, -0.2) is 0 Å². The van der Waals surface area contributed by atoms with E-state index in [9.17, 15) is 0 Å². The van der Waals surface area contributed by atoms with E-state index in [1.807, 2.05) is 13.8 Å². The summed E-state index contributed by atoms with van der Waals surface area (Å²) in [5.41, 5.74) is 0.633. The number of benzene rings is 1. The lowest BCUT2D eigenvalue weighted by Crippen LogP contribution is -2.30. The van der Waals surface area contributed by atoms with E-state index >= 15 is 0 Å². The molecule has 5 nitrogen and oxygen atoms in total. The van der Waals surface area contributed by atoms with Crippen molar-refractivity contribution in [2.24, 2.45) is 0 Å². The van der Waals surface area contributed by atoms with Crippen LogP contribution in [0.15, 0.2) is 23.8 Å². The van der Waals surface area contributed by atoms with Crippen LogP contribution in [0.4, 0.5) is 0 Å². The molecule has 0 heterocycles. The van der Waals surface area contributed by atoms with Gasteiger partial charge in [-0.3, -0.25) is 0 Å². The van der Waals surface area contributed by atoms with Crippen LogP contribution in [0.2, 0.25) is 0 Å². The van der Waals surface area contributed by atoms with Gasteiger partial charge in [0.1, 0.15) is 23.5 Å². The van der Waals surface area contributed by atoms with Crippen molar-refractivity contribution in [2.75, 3.05) is 0 Å². The lowest BCUT2D eigenvalue weighted by molar-refractivity contribution is 0.242. The van der Waals surface area contributed by atoms with Gasteiger partial charge in [-0.05, 0) is 31.5 Å². The van der Waals surface area contributed by atoms with E-state index in [0.717, 1.165) is 0 Å². The van der Waals surface area contributed by atoms with Crippen molar-refractivity contribution in [2.45, 2.75) is 20.0 Å². The van der Waals surface area contributed by atoms with Crippen molar-refractivity contribution in [1.29, 1.82) is 10.5 Å². The predicted molar refractivity (Wildman–Crippen MR) is 71.2 cm³/mol. The van der Waals surface area contributed by atoms with Crippen LogP contribution in [0, 0.1) is 22.7 Å². The Morgan fingerprint density at radius 2 is 1.95 bits per heavy atom. The number of allylic oxidation sites excluding steroid dienone is 1. The molecule has 2 N–H and O–H groups in total. The van der Waals surface area contributed by atoms with Gasteiger partial charge in [0.15, 0.2) is 0 Å². The average molecular weight is 256 g/mol. The fourth-order valence-corrected chi connectivity index (χ4v) is 1.45. The smallest absolute Gasteiger partial charge is 0.488 e. The molecule has 1 rings (SSSR count). The van der Waals surface area contributed by atoms with Crippen molar-refractivity contribution in [1.82, 2.24) is 0 Å². The molecule has 96 valence electrons. The van der Waals surface area contributed by atoms with Crippen LogP contribution in [0.5, 0.6) is 5.75 Å². The summed E-state index contributed by atoms with van der Waals surface area (Å²) in [6.07, 6.45) is 1.27. The van der Waals surface area contributed by atoms with Gasteiger partial charge in [0.05, 0.1) is 6.10 Å². The molecule has 0 atom stereocenters. The number of hydrogen-bond donors (Lipinski definition) is 2. The highest BCUT2D eigenvalue weighted by molar-refractivity contribution is 6.58.